The zero-order chi connectivity index (χ0) is 15.1. The summed E-state index contributed by atoms with van der Waals surface area (Å²) in [6.07, 6.45) is 3.03. The number of thiazole rings is 1. The first kappa shape index (κ1) is 17.2. The van der Waals surface area contributed by atoms with E-state index < -0.39 is 6.10 Å². The SMILES string of the molecule is Cc1ncsc1CCOCC(O)CNCC1(C)CCCS1. The first-order valence-corrected chi connectivity index (χ1v) is 9.45. The van der Waals surface area contributed by atoms with E-state index in [1.165, 1.54) is 23.5 Å². The molecule has 2 heterocycles. The molecule has 4 nitrogen and oxygen atoms in total. The van der Waals surface area contributed by atoms with Crippen molar-refractivity contribution in [2.75, 3.05) is 32.1 Å². The lowest BCUT2D eigenvalue weighted by molar-refractivity contribution is 0.0383. The van der Waals surface area contributed by atoms with Gasteiger partial charge in [0, 0.05) is 29.1 Å². The van der Waals surface area contributed by atoms with Gasteiger partial charge >= 0.3 is 0 Å². The summed E-state index contributed by atoms with van der Waals surface area (Å²) < 4.78 is 5.91. The maximum atomic E-state index is 9.91. The molecule has 0 bridgehead atoms. The van der Waals surface area contributed by atoms with E-state index in [0.717, 1.165) is 18.7 Å². The van der Waals surface area contributed by atoms with Gasteiger partial charge in [0.25, 0.3) is 0 Å². The van der Waals surface area contributed by atoms with Gasteiger partial charge in [-0.25, -0.2) is 4.98 Å². The Hall–Kier alpha value is -0.140. The molecule has 0 saturated carbocycles. The van der Waals surface area contributed by atoms with Crippen molar-refractivity contribution in [1.29, 1.82) is 0 Å². The summed E-state index contributed by atoms with van der Waals surface area (Å²) in [5.74, 6) is 1.26. The number of rotatable bonds is 9. The fourth-order valence-corrected chi connectivity index (χ4v) is 4.53. The predicted octanol–water partition coefficient (Wildman–Crippen LogP) is 2.25. The van der Waals surface area contributed by atoms with Gasteiger partial charge in [-0.1, -0.05) is 0 Å². The van der Waals surface area contributed by atoms with Gasteiger partial charge in [-0.05, 0) is 32.4 Å². The number of hydrogen-bond donors (Lipinski definition) is 2. The highest BCUT2D eigenvalue weighted by Crippen LogP contribution is 2.36. The molecule has 6 heteroatoms. The fourth-order valence-electron chi connectivity index (χ4n) is 2.49. The predicted molar refractivity (Wildman–Crippen MR) is 90.3 cm³/mol. The lowest BCUT2D eigenvalue weighted by Gasteiger charge is -2.23. The van der Waals surface area contributed by atoms with Crippen molar-refractivity contribution in [2.24, 2.45) is 0 Å². The summed E-state index contributed by atoms with van der Waals surface area (Å²) in [6.45, 7) is 6.94. The summed E-state index contributed by atoms with van der Waals surface area (Å²) >= 11 is 3.71. The van der Waals surface area contributed by atoms with E-state index in [9.17, 15) is 5.11 Å². The quantitative estimate of drug-likeness (QED) is 0.680. The first-order chi connectivity index (χ1) is 10.1. The number of thioether (sulfide) groups is 1. The topological polar surface area (TPSA) is 54.4 Å². The van der Waals surface area contributed by atoms with Gasteiger partial charge in [0.2, 0.25) is 0 Å². The number of aliphatic hydroxyl groups is 1. The van der Waals surface area contributed by atoms with Gasteiger partial charge in [0.1, 0.15) is 0 Å². The van der Waals surface area contributed by atoms with Crippen LogP contribution in [0.3, 0.4) is 0 Å². The average molecular weight is 331 g/mol. The standard InChI is InChI=1S/C15H26N2O2S2/c1-12-14(20-11-17-12)4-6-19-9-13(18)8-16-10-15(2)5-3-7-21-15/h11,13,16,18H,3-10H2,1-2H3. The zero-order valence-corrected chi connectivity index (χ0v) is 14.6. The van der Waals surface area contributed by atoms with Crippen molar-refractivity contribution >= 4 is 23.1 Å². The molecule has 2 unspecified atom stereocenters. The van der Waals surface area contributed by atoms with Crippen LogP contribution >= 0.6 is 23.1 Å². The van der Waals surface area contributed by atoms with Gasteiger partial charge in [0.15, 0.2) is 0 Å². The number of hydrogen-bond acceptors (Lipinski definition) is 6. The zero-order valence-electron chi connectivity index (χ0n) is 12.9. The minimum Gasteiger partial charge on any atom is -0.389 e. The second-order valence-electron chi connectivity index (χ2n) is 5.87. The molecule has 1 aromatic heterocycles. The lowest BCUT2D eigenvalue weighted by Crippen LogP contribution is -2.38. The Labute approximate surface area is 135 Å². The third-order valence-corrected chi connectivity index (χ3v) is 6.34. The van der Waals surface area contributed by atoms with Gasteiger partial charge in [-0.3, -0.25) is 0 Å². The van der Waals surface area contributed by atoms with E-state index in [4.69, 9.17) is 4.74 Å². The van der Waals surface area contributed by atoms with E-state index in [1.807, 2.05) is 24.2 Å². The number of aromatic nitrogens is 1. The number of aliphatic hydroxyl groups excluding tert-OH is 1. The van der Waals surface area contributed by atoms with Crippen LogP contribution in [0.4, 0.5) is 0 Å². The Kier molecular flexibility index (Phi) is 6.95. The monoisotopic (exact) mass is 330 g/mol. The van der Waals surface area contributed by atoms with Crippen molar-refractivity contribution in [2.45, 2.75) is 44.0 Å². The Morgan fingerprint density at radius 3 is 3.10 bits per heavy atom. The molecule has 2 atom stereocenters. The van der Waals surface area contributed by atoms with Gasteiger partial charge < -0.3 is 15.2 Å². The molecular weight excluding hydrogens is 304 g/mol. The van der Waals surface area contributed by atoms with Crippen LogP contribution in [0.5, 0.6) is 0 Å². The molecule has 2 rings (SSSR count). The minimum atomic E-state index is -0.428. The fraction of sp³-hybridized carbons (Fsp3) is 0.800. The molecular formula is C15H26N2O2S2. The molecule has 120 valence electrons. The van der Waals surface area contributed by atoms with Crippen LogP contribution in [-0.2, 0) is 11.2 Å². The van der Waals surface area contributed by atoms with E-state index in [2.05, 4.69) is 17.2 Å². The van der Waals surface area contributed by atoms with Crippen molar-refractivity contribution < 1.29 is 9.84 Å². The summed E-state index contributed by atoms with van der Waals surface area (Å²) in [4.78, 5) is 5.49. The molecule has 0 aliphatic carbocycles. The van der Waals surface area contributed by atoms with E-state index in [-0.39, 0.29) is 0 Å². The lowest BCUT2D eigenvalue weighted by atomic mass is 10.1. The summed E-state index contributed by atoms with van der Waals surface area (Å²) in [7, 11) is 0. The molecule has 1 aliphatic heterocycles. The first-order valence-electron chi connectivity index (χ1n) is 7.58. The molecule has 0 radical (unpaired) electrons. The maximum absolute atomic E-state index is 9.91. The van der Waals surface area contributed by atoms with E-state index >= 15 is 0 Å². The largest absolute Gasteiger partial charge is 0.389 e. The molecule has 0 spiro atoms. The molecule has 1 aromatic rings. The van der Waals surface area contributed by atoms with Gasteiger partial charge in [-0.2, -0.15) is 11.8 Å². The normalized spacial score (nSPS) is 23.6. The van der Waals surface area contributed by atoms with Crippen LogP contribution in [0.15, 0.2) is 5.51 Å². The molecule has 2 N–H and O–H groups in total. The van der Waals surface area contributed by atoms with Crippen LogP contribution in [0.2, 0.25) is 0 Å². The maximum Gasteiger partial charge on any atom is 0.0897 e. The molecule has 1 fully saturated rings. The Morgan fingerprint density at radius 1 is 1.57 bits per heavy atom. The summed E-state index contributed by atoms with van der Waals surface area (Å²) in [5, 5.41) is 13.3. The molecule has 1 aliphatic rings. The highest BCUT2D eigenvalue weighted by atomic mass is 32.2. The number of nitrogens with zero attached hydrogens (tertiary/aromatic N) is 1. The van der Waals surface area contributed by atoms with Crippen molar-refractivity contribution in [1.82, 2.24) is 10.3 Å². The second kappa shape index (κ2) is 8.48. The van der Waals surface area contributed by atoms with Crippen LogP contribution in [0.1, 0.15) is 30.3 Å². The summed E-state index contributed by atoms with van der Waals surface area (Å²) in [6, 6.07) is 0. The molecule has 1 saturated heterocycles. The van der Waals surface area contributed by atoms with Crippen molar-refractivity contribution in [3.05, 3.63) is 16.1 Å². The Balaban J connectivity index is 1.51. The smallest absolute Gasteiger partial charge is 0.0897 e. The number of nitrogens with one attached hydrogen (secondary N) is 1. The van der Waals surface area contributed by atoms with E-state index in [1.54, 1.807) is 11.3 Å². The van der Waals surface area contributed by atoms with Crippen LogP contribution in [0, 0.1) is 6.92 Å². The van der Waals surface area contributed by atoms with Crippen molar-refractivity contribution in [3.63, 3.8) is 0 Å². The van der Waals surface area contributed by atoms with Crippen LogP contribution in [-0.4, -0.2) is 53.0 Å². The third-order valence-electron chi connectivity index (χ3n) is 3.81. The molecule has 0 aromatic carbocycles. The highest BCUT2D eigenvalue weighted by Gasteiger charge is 2.28. The number of ether oxygens (including phenoxy) is 1. The highest BCUT2D eigenvalue weighted by molar-refractivity contribution is 8.00. The van der Waals surface area contributed by atoms with E-state index in [0.29, 0.717) is 24.5 Å². The van der Waals surface area contributed by atoms with Gasteiger partial charge in [-0.15, -0.1) is 11.3 Å². The third kappa shape index (κ3) is 5.87. The summed E-state index contributed by atoms with van der Waals surface area (Å²) in [5.41, 5.74) is 2.96. The Bertz CT molecular complexity index is 420. The average Bonchev–Trinajstić information content (AvgIpc) is 3.04. The second-order valence-corrected chi connectivity index (χ2v) is 8.49. The minimum absolute atomic E-state index is 0.351. The van der Waals surface area contributed by atoms with Gasteiger partial charge in [0.05, 0.1) is 30.5 Å². The molecule has 0 amide bonds. The number of aryl methyl sites for hydroxylation is 1. The van der Waals surface area contributed by atoms with Crippen LogP contribution < -0.4 is 5.32 Å². The molecule has 21 heavy (non-hydrogen) atoms. The van der Waals surface area contributed by atoms with Crippen molar-refractivity contribution in [3.8, 4) is 0 Å². The van der Waals surface area contributed by atoms with Crippen LogP contribution in [0.25, 0.3) is 0 Å². The Morgan fingerprint density at radius 2 is 2.43 bits per heavy atom.